The highest BCUT2D eigenvalue weighted by Gasteiger charge is 2.14. The number of nitrogens with zero attached hydrogens (tertiary/aromatic N) is 2. The molecule has 0 bridgehead atoms. The Morgan fingerprint density at radius 3 is 3.31 bits per heavy atom. The van der Waals surface area contributed by atoms with Gasteiger partial charge in [-0.1, -0.05) is 0 Å². The molecule has 1 N–H and O–H groups in total. The number of rotatable bonds is 3. The molecule has 4 heteroatoms. The van der Waals surface area contributed by atoms with Crippen LogP contribution in [0.5, 0.6) is 5.75 Å². The Kier molecular flexibility index (Phi) is 3.73. The first kappa shape index (κ1) is 10.9. The van der Waals surface area contributed by atoms with Gasteiger partial charge in [0.25, 0.3) is 0 Å². The summed E-state index contributed by atoms with van der Waals surface area (Å²) in [6.07, 6.45) is 3.99. The first-order valence-electron chi connectivity index (χ1n) is 5.59. The van der Waals surface area contributed by atoms with Crippen LogP contribution in [0.1, 0.15) is 18.5 Å². The van der Waals surface area contributed by atoms with Gasteiger partial charge in [-0.25, -0.2) is 4.98 Å². The summed E-state index contributed by atoms with van der Waals surface area (Å²) < 4.78 is 5.64. The van der Waals surface area contributed by atoms with Crippen molar-refractivity contribution >= 4 is 0 Å². The minimum absolute atomic E-state index is 0.367. The summed E-state index contributed by atoms with van der Waals surface area (Å²) in [5.74, 6) is 1.14. The second-order valence-corrected chi connectivity index (χ2v) is 3.99. The fourth-order valence-electron chi connectivity index (χ4n) is 1.86. The van der Waals surface area contributed by atoms with Crippen molar-refractivity contribution in [2.24, 2.45) is 5.92 Å². The van der Waals surface area contributed by atoms with Crippen LogP contribution in [-0.2, 0) is 0 Å². The molecule has 0 aliphatic carbocycles. The summed E-state index contributed by atoms with van der Waals surface area (Å²) in [6, 6.07) is 5.61. The first-order valence-corrected chi connectivity index (χ1v) is 5.59. The van der Waals surface area contributed by atoms with Gasteiger partial charge < -0.3 is 10.1 Å². The average Bonchev–Trinajstić information content (AvgIpc) is 2.38. The molecule has 2 rings (SSSR count). The standard InChI is InChI=1S/C12H15N3O/c13-7-11-12(4-2-6-15-11)16-9-10-3-1-5-14-8-10/h2,4,6,10,14H,1,3,5,8-9H2. The highest BCUT2D eigenvalue weighted by atomic mass is 16.5. The van der Waals surface area contributed by atoms with E-state index in [1.807, 2.05) is 6.07 Å². The predicted molar refractivity (Wildman–Crippen MR) is 60.0 cm³/mol. The predicted octanol–water partition coefficient (Wildman–Crippen LogP) is 1.33. The average molecular weight is 217 g/mol. The molecule has 1 unspecified atom stereocenters. The second kappa shape index (κ2) is 5.47. The minimum Gasteiger partial charge on any atom is -0.490 e. The van der Waals surface area contributed by atoms with Crippen LogP contribution in [0.3, 0.4) is 0 Å². The van der Waals surface area contributed by atoms with E-state index in [2.05, 4.69) is 10.3 Å². The Balaban J connectivity index is 1.91. The Morgan fingerprint density at radius 2 is 2.56 bits per heavy atom. The van der Waals surface area contributed by atoms with E-state index >= 15 is 0 Å². The maximum absolute atomic E-state index is 8.85. The zero-order chi connectivity index (χ0) is 11.2. The van der Waals surface area contributed by atoms with Gasteiger partial charge >= 0.3 is 0 Å². The zero-order valence-corrected chi connectivity index (χ0v) is 9.15. The molecule has 16 heavy (non-hydrogen) atoms. The maximum Gasteiger partial charge on any atom is 0.182 e. The lowest BCUT2D eigenvalue weighted by Crippen LogP contribution is -2.33. The molecule has 84 valence electrons. The van der Waals surface area contributed by atoms with E-state index in [4.69, 9.17) is 10.00 Å². The van der Waals surface area contributed by atoms with Gasteiger partial charge in [0.1, 0.15) is 6.07 Å². The van der Waals surface area contributed by atoms with Gasteiger partial charge in [-0.15, -0.1) is 0 Å². The summed E-state index contributed by atoms with van der Waals surface area (Å²) in [7, 11) is 0. The van der Waals surface area contributed by atoms with Gasteiger partial charge in [0.2, 0.25) is 0 Å². The molecule has 0 amide bonds. The number of piperidine rings is 1. The van der Waals surface area contributed by atoms with Crippen LogP contribution >= 0.6 is 0 Å². The van der Waals surface area contributed by atoms with Crippen molar-refractivity contribution in [1.82, 2.24) is 10.3 Å². The fraction of sp³-hybridized carbons (Fsp3) is 0.500. The Labute approximate surface area is 95.3 Å². The summed E-state index contributed by atoms with van der Waals surface area (Å²) >= 11 is 0. The SMILES string of the molecule is N#Cc1ncccc1OCC1CCCNC1. The minimum atomic E-state index is 0.367. The lowest BCUT2D eigenvalue weighted by molar-refractivity contribution is 0.217. The van der Waals surface area contributed by atoms with E-state index in [-0.39, 0.29) is 0 Å². The molecular formula is C12H15N3O. The van der Waals surface area contributed by atoms with Gasteiger partial charge in [0.15, 0.2) is 11.4 Å². The number of nitriles is 1. The Bertz CT molecular complexity index is 380. The molecule has 1 aromatic rings. The van der Waals surface area contributed by atoms with E-state index in [1.165, 1.54) is 12.8 Å². The van der Waals surface area contributed by atoms with Crippen molar-refractivity contribution in [3.63, 3.8) is 0 Å². The third-order valence-corrected chi connectivity index (χ3v) is 2.75. The lowest BCUT2D eigenvalue weighted by Gasteiger charge is -2.22. The van der Waals surface area contributed by atoms with Crippen molar-refractivity contribution in [3.8, 4) is 11.8 Å². The number of hydrogen-bond acceptors (Lipinski definition) is 4. The zero-order valence-electron chi connectivity index (χ0n) is 9.15. The number of hydrogen-bond donors (Lipinski definition) is 1. The smallest absolute Gasteiger partial charge is 0.182 e. The van der Waals surface area contributed by atoms with Crippen LogP contribution in [0.2, 0.25) is 0 Å². The molecule has 1 saturated heterocycles. The molecule has 0 aromatic carbocycles. The van der Waals surface area contributed by atoms with E-state index in [0.717, 1.165) is 13.1 Å². The maximum atomic E-state index is 8.85. The largest absolute Gasteiger partial charge is 0.490 e. The number of nitrogens with one attached hydrogen (secondary N) is 1. The van der Waals surface area contributed by atoms with E-state index in [0.29, 0.717) is 24.0 Å². The highest BCUT2D eigenvalue weighted by molar-refractivity contribution is 5.36. The summed E-state index contributed by atoms with van der Waals surface area (Å²) in [5, 5.41) is 12.2. The van der Waals surface area contributed by atoms with E-state index < -0.39 is 0 Å². The molecule has 4 nitrogen and oxygen atoms in total. The molecule has 2 heterocycles. The third kappa shape index (κ3) is 2.71. The fourth-order valence-corrected chi connectivity index (χ4v) is 1.86. The van der Waals surface area contributed by atoms with Crippen molar-refractivity contribution in [2.45, 2.75) is 12.8 Å². The van der Waals surface area contributed by atoms with Crippen LogP contribution in [0.4, 0.5) is 0 Å². The van der Waals surface area contributed by atoms with Crippen molar-refractivity contribution in [3.05, 3.63) is 24.0 Å². The van der Waals surface area contributed by atoms with Crippen LogP contribution in [0.15, 0.2) is 18.3 Å². The molecule has 0 saturated carbocycles. The number of pyridine rings is 1. The molecular weight excluding hydrogens is 202 g/mol. The summed E-state index contributed by atoms with van der Waals surface area (Å²) in [6.45, 7) is 2.77. The van der Waals surface area contributed by atoms with Crippen LogP contribution < -0.4 is 10.1 Å². The quantitative estimate of drug-likeness (QED) is 0.829. The lowest BCUT2D eigenvalue weighted by atomic mass is 10.0. The Hall–Kier alpha value is -1.60. The molecule has 0 spiro atoms. The van der Waals surface area contributed by atoms with Gasteiger partial charge in [0.05, 0.1) is 6.61 Å². The molecule has 1 fully saturated rings. The third-order valence-electron chi connectivity index (χ3n) is 2.75. The summed E-state index contributed by atoms with van der Waals surface area (Å²) in [4.78, 5) is 3.96. The van der Waals surface area contributed by atoms with Gasteiger partial charge in [-0.2, -0.15) is 5.26 Å². The summed E-state index contributed by atoms with van der Waals surface area (Å²) in [5.41, 5.74) is 0.367. The van der Waals surface area contributed by atoms with E-state index in [1.54, 1.807) is 18.3 Å². The van der Waals surface area contributed by atoms with Crippen LogP contribution in [0, 0.1) is 17.2 Å². The van der Waals surface area contributed by atoms with Crippen LogP contribution in [0.25, 0.3) is 0 Å². The normalized spacial score (nSPS) is 20.1. The highest BCUT2D eigenvalue weighted by Crippen LogP contribution is 2.17. The first-order chi connectivity index (χ1) is 7.90. The molecule has 1 atom stereocenters. The number of aromatic nitrogens is 1. The van der Waals surface area contributed by atoms with Gasteiger partial charge in [-0.3, -0.25) is 0 Å². The van der Waals surface area contributed by atoms with Gasteiger partial charge in [-0.05, 0) is 31.5 Å². The van der Waals surface area contributed by atoms with E-state index in [9.17, 15) is 0 Å². The number of ether oxygens (including phenoxy) is 1. The van der Waals surface area contributed by atoms with Crippen LogP contribution in [-0.4, -0.2) is 24.7 Å². The molecule has 1 aliphatic heterocycles. The Morgan fingerprint density at radius 1 is 1.62 bits per heavy atom. The van der Waals surface area contributed by atoms with Crippen molar-refractivity contribution < 1.29 is 4.74 Å². The molecule has 1 aromatic heterocycles. The molecule has 0 radical (unpaired) electrons. The molecule has 1 aliphatic rings. The van der Waals surface area contributed by atoms with Crippen molar-refractivity contribution in [2.75, 3.05) is 19.7 Å². The topological polar surface area (TPSA) is 57.9 Å². The van der Waals surface area contributed by atoms with Gasteiger partial charge in [0, 0.05) is 18.7 Å². The second-order valence-electron chi connectivity index (χ2n) is 3.99. The monoisotopic (exact) mass is 217 g/mol. The van der Waals surface area contributed by atoms with Crippen molar-refractivity contribution in [1.29, 1.82) is 5.26 Å².